The van der Waals surface area contributed by atoms with Crippen molar-refractivity contribution in [3.8, 4) is 0 Å². The Kier molecular flexibility index (Phi) is 7.39. The van der Waals surface area contributed by atoms with Gasteiger partial charge in [-0.1, -0.05) is 0 Å². The van der Waals surface area contributed by atoms with Gasteiger partial charge in [-0.2, -0.15) is 13.2 Å². The molecule has 1 amide bonds. The zero-order chi connectivity index (χ0) is 26.4. The van der Waals surface area contributed by atoms with Gasteiger partial charge in [-0.3, -0.25) is 4.79 Å². The lowest BCUT2D eigenvalue weighted by Crippen LogP contribution is -2.53. The van der Waals surface area contributed by atoms with E-state index in [1.165, 1.54) is 0 Å². The van der Waals surface area contributed by atoms with Crippen molar-refractivity contribution in [3.63, 3.8) is 0 Å². The molecule has 37 heavy (non-hydrogen) atoms. The SMILES string of the molecule is CO[C@@H]1COCC[C@@H]1C[C@H]1CC[C@](CC(F)F)(C(=O)N2C[C@@H]3C[C@H]2CN3c2cc(C(F)(F)F)ccn2)C1. The van der Waals surface area contributed by atoms with E-state index in [2.05, 4.69) is 4.98 Å². The quantitative estimate of drug-likeness (QED) is 0.475. The van der Waals surface area contributed by atoms with Crippen LogP contribution in [0.15, 0.2) is 18.3 Å². The first kappa shape index (κ1) is 26.6. The van der Waals surface area contributed by atoms with Crippen molar-refractivity contribution in [3.05, 3.63) is 23.9 Å². The summed E-state index contributed by atoms with van der Waals surface area (Å²) < 4.78 is 78.2. The maximum Gasteiger partial charge on any atom is 0.416 e. The van der Waals surface area contributed by atoms with Crippen molar-refractivity contribution in [1.29, 1.82) is 0 Å². The van der Waals surface area contributed by atoms with Crippen LogP contribution in [-0.2, 0) is 20.4 Å². The molecule has 1 aromatic heterocycles. The average Bonchev–Trinajstić information content (AvgIpc) is 3.58. The minimum Gasteiger partial charge on any atom is -0.379 e. The molecule has 0 radical (unpaired) electrons. The van der Waals surface area contributed by atoms with Gasteiger partial charge in [0.1, 0.15) is 5.82 Å². The van der Waals surface area contributed by atoms with Crippen molar-refractivity contribution < 1.29 is 36.2 Å². The summed E-state index contributed by atoms with van der Waals surface area (Å²) in [7, 11) is 1.66. The van der Waals surface area contributed by atoms with Crippen LogP contribution in [0.5, 0.6) is 0 Å². The van der Waals surface area contributed by atoms with E-state index in [4.69, 9.17) is 9.47 Å². The van der Waals surface area contributed by atoms with E-state index in [1.807, 2.05) is 4.90 Å². The highest BCUT2D eigenvalue weighted by molar-refractivity contribution is 5.84. The first-order valence-corrected chi connectivity index (χ1v) is 13.1. The lowest BCUT2D eigenvalue weighted by Gasteiger charge is -2.40. The second kappa shape index (κ2) is 10.3. The van der Waals surface area contributed by atoms with Crippen LogP contribution in [0.3, 0.4) is 0 Å². The van der Waals surface area contributed by atoms with Crippen molar-refractivity contribution >= 4 is 11.7 Å². The molecule has 3 aliphatic heterocycles. The van der Waals surface area contributed by atoms with Crippen molar-refractivity contribution in [1.82, 2.24) is 9.88 Å². The number of nitrogens with zero attached hydrogens (tertiary/aromatic N) is 3. The number of ether oxygens (including phenoxy) is 2. The molecule has 3 saturated heterocycles. The minimum absolute atomic E-state index is 0.0145. The smallest absolute Gasteiger partial charge is 0.379 e. The molecule has 0 unspecified atom stereocenters. The van der Waals surface area contributed by atoms with Crippen LogP contribution < -0.4 is 4.90 Å². The highest BCUT2D eigenvalue weighted by Gasteiger charge is 2.54. The number of halogens is 5. The monoisotopic (exact) mass is 531 g/mol. The van der Waals surface area contributed by atoms with Crippen LogP contribution in [0.25, 0.3) is 0 Å². The predicted molar refractivity (Wildman–Crippen MR) is 125 cm³/mol. The maximum absolute atomic E-state index is 13.8. The van der Waals surface area contributed by atoms with Gasteiger partial charge >= 0.3 is 6.18 Å². The van der Waals surface area contributed by atoms with Crippen LogP contribution >= 0.6 is 0 Å². The third kappa shape index (κ3) is 5.30. The zero-order valence-electron chi connectivity index (χ0n) is 20.9. The Labute approximate surface area is 213 Å². The fourth-order valence-electron chi connectivity index (χ4n) is 7.17. The van der Waals surface area contributed by atoms with Crippen molar-refractivity contribution in [2.75, 3.05) is 38.3 Å². The molecule has 4 heterocycles. The van der Waals surface area contributed by atoms with Gasteiger partial charge in [0, 0.05) is 39.4 Å². The molecule has 5 rings (SSSR count). The highest BCUT2D eigenvalue weighted by Crippen LogP contribution is 2.51. The first-order chi connectivity index (χ1) is 17.6. The molecule has 1 aliphatic carbocycles. The van der Waals surface area contributed by atoms with Gasteiger partial charge in [-0.25, -0.2) is 13.8 Å². The molecular weight excluding hydrogens is 497 g/mol. The number of carbonyl (C=O) groups is 1. The Morgan fingerprint density at radius 3 is 2.76 bits per heavy atom. The molecule has 0 aromatic carbocycles. The topological polar surface area (TPSA) is 54.9 Å². The van der Waals surface area contributed by atoms with E-state index in [1.54, 1.807) is 12.0 Å². The van der Waals surface area contributed by atoms with Crippen LogP contribution in [0.2, 0.25) is 0 Å². The number of likely N-dealkylation sites (tertiary alicyclic amines) is 1. The summed E-state index contributed by atoms with van der Waals surface area (Å²) in [6.07, 6.45) is -2.45. The predicted octanol–water partition coefficient (Wildman–Crippen LogP) is 4.77. The number of amides is 1. The Hall–Kier alpha value is -2.01. The van der Waals surface area contributed by atoms with Crippen LogP contribution in [0.1, 0.15) is 50.5 Å². The minimum atomic E-state index is -4.47. The highest BCUT2D eigenvalue weighted by atomic mass is 19.4. The number of piperazine rings is 1. The fourth-order valence-corrected chi connectivity index (χ4v) is 7.17. The summed E-state index contributed by atoms with van der Waals surface area (Å²) >= 11 is 0. The summed E-state index contributed by atoms with van der Waals surface area (Å²) in [6.45, 7) is 1.87. The van der Waals surface area contributed by atoms with Gasteiger partial charge in [0.2, 0.25) is 12.3 Å². The first-order valence-electron chi connectivity index (χ1n) is 13.1. The molecular formula is C26H34F5N3O3. The molecule has 2 bridgehead atoms. The third-order valence-electron chi connectivity index (χ3n) is 8.96. The molecule has 6 nitrogen and oxygen atoms in total. The number of alkyl halides is 5. The van der Waals surface area contributed by atoms with Gasteiger partial charge in [0.05, 0.1) is 35.8 Å². The average molecular weight is 532 g/mol. The summed E-state index contributed by atoms with van der Waals surface area (Å²) in [6, 6.07) is 1.59. The van der Waals surface area contributed by atoms with E-state index < -0.39 is 30.0 Å². The molecule has 6 atom stereocenters. The normalized spacial score (nSPS) is 34.1. The molecule has 1 aromatic rings. The number of fused-ring (bicyclic) bond motifs is 2. The molecule has 0 spiro atoms. The van der Waals surface area contributed by atoms with Crippen LogP contribution in [0, 0.1) is 17.3 Å². The zero-order valence-corrected chi connectivity index (χ0v) is 20.9. The second-order valence-corrected chi connectivity index (χ2v) is 11.2. The number of pyridine rings is 1. The molecule has 4 aliphatic rings. The lowest BCUT2D eigenvalue weighted by molar-refractivity contribution is -0.146. The second-order valence-electron chi connectivity index (χ2n) is 11.2. The number of anilines is 1. The van der Waals surface area contributed by atoms with Crippen molar-refractivity contribution in [2.24, 2.45) is 17.3 Å². The fraction of sp³-hybridized carbons (Fsp3) is 0.769. The molecule has 1 saturated carbocycles. The van der Waals surface area contributed by atoms with Crippen LogP contribution in [-0.4, -0.2) is 73.8 Å². The molecule has 4 fully saturated rings. The van der Waals surface area contributed by atoms with Gasteiger partial charge in [0.25, 0.3) is 0 Å². The summed E-state index contributed by atoms with van der Waals surface area (Å²) in [5.41, 5.74) is -1.85. The Morgan fingerprint density at radius 2 is 2.08 bits per heavy atom. The van der Waals surface area contributed by atoms with Gasteiger partial charge in [0.15, 0.2) is 0 Å². The molecule has 11 heteroatoms. The van der Waals surface area contributed by atoms with E-state index in [-0.39, 0.29) is 41.7 Å². The lowest BCUT2D eigenvalue weighted by atomic mass is 9.78. The number of hydrogen-bond acceptors (Lipinski definition) is 5. The number of aromatic nitrogens is 1. The van der Waals surface area contributed by atoms with Crippen molar-refractivity contribution in [2.45, 2.75) is 75.7 Å². The summed E-state index contributed by atoms with van der Waals surface area (Å²) in [4.78, 5) is 21.5. The molecule has 0 N–H and O–H groups in total. The number of hydrogen-bond donors (Lipinski definition) is 0. The van der Waals surface area contributed by atoms with Crippen LogP contribution in [0.4, 0.5) is 27.8 Å². The van der Waals surface area contributed by atoms with Gasteiger partial charge in [-0.15, -0.1) is 0 Å². The Morgan fingerprint density at radius 1 is 1.27 bits per heavy atom. The largest absolute Gasteiger partial charge is 0.416 e. The number of methoxy groups -OCH3 is 1. The third-order valence-corrected chi connectivity index (χ3v) is 8.96. The standard InChI is InChI=1S/C26H34F5N3O3/c1-36-21-15-37-7-4-17(21)8-16-2-5-25(11-16,12-22(27)28)24(35)34-14-19-10-20(34)13-33(19)23-9-18(3-6-32-23)26(29,30)31/h3,6,9,16-17,19-22H,2,4-5,7-8,10-15H2,1H3/t16-,17-,19+,20+,21-,25+/m1/s1. The van der Waals surface area contributed by atoms with E-state index in [0.29, 0.717) is 45.6 Å². The Balaban J connectivity index is 1.27. The summed E-state index contributed by atoms with van der Waals surface area (Å²) in [5.74, 6) is 0.489. The van der Waals surface area contributed by atoms with E-state index >= 15 is 0 Å². The Bertz CT molecular complexity index is 979. The number of carbonyl (C=O) groups excluding carboxylic acids is 1. The van der Waals surface area contributed by atoms with Gasteiger partial charge < -0.3 is 19.3 Å². The maximum atomic E-state index is 13.8. The van der Waals surface area contributed by atoms with E-state index in [9.17, 15) is 26.7 Å². The molecule has 206 valence electrons. The van der Waals surface area contributed by atoms with Gasteiger partial charge in [-0.05, 0) is 62.5 Å². The summed E-state index contributed by atoms with van der Waals surface area (Å²) in [5, 5.41) is 0. The van der Waals surface area contributed by atoms with E-state index in [0.717, 1.165) is 37.6 Å². The number of rotatable bonds is 7.